The predicted octanol–water partition coefficient (Wildman–Crippen LogP) is 3.15. The molecule has 0 N–H and O–H groups in total. The Morgan fingerprint density at radius 3 is 2.24 bits per heavy atom. The maximum absolute atomic E-state index is 5.22. The summed E-state index contributed by atoms with van der Waals surface area (Å²) in [7, 11) is 1.72. The average Bonchev–Trinajstić information content (AvgIpc) is 2.57. The summed E-state index contributed by atoms with van der Waals surface area (Å²) >= 11 is 0. The topological polar surface area (TPSA) is 15.7 Å². The SMILES string of the molecule is COc1ccc(CN2CCN(C3CCCCC3)CC2)cc1. The molecule has 0 spiro atoms. The van der Waals surface area contributed by atoms with E-state index in [9.17, 15) is 0 Å². The third-order valence-electron chi connectivity index (χ3n) is 5.06. The zero-order valence-corrected chi connectivity index (χ0v) is 13.3. The number of hydrogen-bond donors (Lipinski definition) is 0. The van der Waals surface area contributed by atoms with E-state index in [1.165, 1.54) is 63.8 Å². The molecule has 0 amide bonds. The summed E-state index contributed by atoms with van der Waals surface area (Å²) in [5.74, 6) is 0.945. The molecule has 1 heterocycles. The molecule has 0 unspecified atom stereocenters. The van der Waals surface area contributed by atoms with E-state index < -0.39 is 0 Å². The number of ether oxygens (including phenoxy) is 1. The van der Waals surface area contributed by atoms with E-state index in [1.807, 2.05) is 0 Å². The van der Waals surface area contributed by atoms with Crippen molar-refractivity contribution in [1.82, 2.24) is 9.80 Å². The Bertz CT molecular complexity index is 417. The monoisotopic (exact) mass is 288 g/mol. The highest BCUT2D eigenvalue weighted by atomic mass is 16.5. The van der Waals surface area contributed by atoms with Crippen molar-refractivity contribution in [3.63, 3.8) is 0 Å². The number of benzene rings is 1. The lowest BCUT2D eigenvalue weighted by atomic mass is 9.94. The number of nitrogens with zero attached hydrogens (tertiary/aromatic N) is 2. The van der Waals surface area contributed by atoms with Crippen molar-refractivity contribution in [2.24, 2.45) is 0 Å². The molecule has 21 heavy (non-hydrogen) atoms. The van der Waals surface area contributed by atoms with Gasteiger partial charge in [0.1, 0.15) is 5.75 Å². The van der Waals surface area contributed by atoms with E-state index in [0.29, 0.717) is 0 Å². The summed E-state index contributed by atoms with van der Waals surface area (Å²) < 4.78 is 5.22. The Hall–Kier alpha value is -1.06. The Morgan fingerprint density at radius 1 is 0.952 bits per heavy atom. The smallest absolute Gasteiger partial charge is 0.118 e. The molecule has 1 saturated carbocycles. The highest BCUT2D eigenvalue weighted by Crippen LogP contribution is 2.24. The van der Waals surface area contributed by atoms with Crippen molar-refractivity contribution in [2.75, 3.05) is 33.3 Å². The van der Waals surface area contributed by atoms with Gasteiger partial charge in [0, 0.05) is 38.8 Å². The van der Waals surface area contributed by atoms with Crippen LogP contribution in [0.5, 0.6) is 5.75 Å². The van der Waals surface area contributed by atoms with Gasteiger partial charge in [-0.05, 0) is 30.5 Å². The molecule has 0 atom stereocenters. The van der Waals surface area contributed by atoms with Gasteiger partial charge in [0.25, 0.3) is 0 Å². The minimum Gasteiger partial charge on any atom is -0.497 e. The Morgan fingerprint density at radius 2 is 1.62 bits per heavy atom. The number of piperazine rings is 1. The minimum atomic E-state index is 0.877. The van der Waals surface area contributed by atoms with Gasteiger partial charge in [0.05, 0.1) is 7.11 Å². The molecule has 0 bridgehead atoms. The number of hydrogen-bond acceptors (Lipinski definition) is 3. The lowest BCUT2D eigenvalue weighted by molar-refractivity contribution is 0.0755. The summed E-state index contributed by atoms with van der Waals surface area (Å²) in [5.41, 5.74) is 1.39. The molecule has 0 aromatic heterocycles. The van der Waals surface area contributed by atoms with E-state index in [-0.39, 0.29) is 0 Å². The van der Waals surface area contributed by atoms with Crippen LogP contribution in [-0.4, -0.2) is 49.1 Å². The van der Waals surface area contributed by atoms with Crippen LogP contribution in [0.1, 0.15) is 37.7 Å². The second kappa shape index (κ2) is 7.28. The molecule has 1 saturated heterocycles. The van der Waals surface area contributed by atoms with E-state index in [1.54, 1.807) is 7.11 Å². The summed E-state index contributed by atoms with van der Waals surface area (Å²) in [6.07, 6.45) is 7.19. The van der Waals surface area contributed by atoms with Crippen molar-refractivity contribution in [3.8, 4) is 5.75 Å². The Balaban J connectivity index is 1.46. The fourth-order valence-corrected chi connectivity index (χ4v) is 3.72. The van der Waals surface area contributed by atoms with E-state index in [0.717, 1.165) is 18.3 Å². The van der Waals surface area contributed by atoms with E-state index in [4.69, 9.17) is 4.74 Å². The van der Waals surface area contributed by atoms with E-state index >= 15 is 0 Å². The first-order valence-electron chi connectivity index (χ1n) is 8.44. The third-order valence-corrected chi connectivity index (χ3v) is 5.06. The Kier molecular flexibility index (Phi) is 5.15. The third kappa shape index (κ3) is 3.98. The largest absolute Gasteiger partial charge is 0.497 e. The zero-order chi connectivity index (χ0) is 14.5. The average molecular weight is 288 g/mol. The molecule has 1 aliphatic heterocycles. The van der Waals surface area contributed by atoms with Gasteiger partial charge in [-0.15, -0.1) is 0 Å². The molecule has 2 fully saturated rings. The summed E-state index contributed by atoms with van der Waals surface area (Å²) in [5, 5.41) is 0. The first kappa shape index (κ1) is 14.9. The van der Waals surface area contributed by atoms with Gasteiger partial charge >= 0.3 is 0 Å². The van der Waals surface area contributed by atoms with Gasteiger partial charge in [-0.2, -0.15) is 0 Å². The van der Waals surface area contributed by atoms with Crippen LogP contribution < -0.4 is 4.74 Å². The van der Waals surface area contributed by atoms with E-state index in [2.05, 4.69) is 34.1 Å². The van der Waals surface area contributed by atoms with Crippen LogP contribution in [0.25, 0.3) is 0 Å². The molecule has 116 valence electrons. The van der Waals surface area contributed by atoms with Crippen LogP contribution in [0.15, 0.2) is 24.3 Å². The summed E-state index contributed by atoms with van der Waals surface area (Å²) in [6, 6.07) is 9.38. The van der Waals surface area contributed by atoms with Crippen molar-refractivity contribution in [2.45, 2.75) is 44.7 Å². The van der Waals surface area contributed by atoms with Gasteiger partial charge < -0.3 is 4.74 Å². The molecule has 1 aromatic rings. The van der Waals surface area contributed by atoms with Crippen LogP contribution in [0.2, 0.25) is 0 Å². The highest BCUT2D eigenvalue weighted by Gasteiger charge is 2.24. The first-order valence-corrected chi connectivity index (χ1v) is 8.44. The zero-order valence-electron chi connectivity index (χ0n) is 13.3. The summed E-state index contributed by atoms with van der Waals surface area (Å²) in [4.78, 5) is 5.32. The van der Waals surface area contributed by atoms with Gasteiger partial charge in [-0.25, -0.2) is 0 Å². The normalized spacial score (nSPS) is 22.3. The molecular formula is C18H28N2O. The van der Waals surface area contributed by atoms with Gasteiger partial charge in [0.15, 0.2) is 0 Å². The summed E-state index contributed by atoms with van der Waals surface area (Å²) in [6.45, 7) is 6.00. The molecule has 3 heteroatoms. The second-order valence-electron chi connectivity index (χ2n) is 6.45. The van der Waals surface area contributed by atoms with Gasteiger partial charge in [-0.1, -0.05) is 31.4 Å². The molecule has 2 aliphatic rings. The van der Waals surface area contributed by atoms with Crippen molar-refractivity contribution in [3.05, 3.63) is 29.8 Å². The highest BCUT2D eigenvalue weighted by molar-refractivity contribution is 5.27. The van der Waals surface area contributed by atoms with Crippen molar-refractivity contribution < 1.29 is 4.74 Å². The predicted molar refractivity (Wildman–Crippen MR) is 86.7 cm³/mol. The van der Waals surface area contributed by atoms with Crippen LogP contribution in [0.4, 0.5) is 0 Å². The second-order valence-corrected chi connectivity index (χ2v) is 6.45. The van der Waals surface area contributed by atoms with Crippen LogP contribution in [0.3, 0.4) is 0 Å². The van der Waals surface area contributed by atoms with Gasteiger partial charge in [0.2, 0.25) is 0 Å². The van der Waals surface area contributed by atoms with Crippen LogP contribution in [-0.2, 0) is 6.54 Å². The quantitative estimate of drug-likeness (QED) is 0.846. The standard InChI is InChI=1S/C18H28N2O/c1-21-18-9-7-16(8-10-18)15-19-11-13-20(14-12-19)17-5-3-2-4-6-17/h7-10,17H,2-6,11-15H2,1H3. The molecule has 3 rings (SSSR count). The van der Waals surface area contributed by atoms with Crippen molar-refractivity contribution >= 4 is 0 Å². The fourth-order valence-electron chi connectivity index (χ4n) is 3.72. The molecular weight excluding hydrogens is 260 g/mol. The molecule has 1 aromatic carbocycles. The molecule has 1 aliphatic carbocycles. The van der Waals surface area contributed by atoms with Crippen LogP contribution in [0, 0.1) is 0 Å². The lowest BCUT2D eigenvalue weighted by Crippen LogP contribution is -2.50. The van der Waals surface area contributed by atoms with Gasteiger partial charge in [-0.3, -0.25) is 9.80 Å². The maximum Gasteiger partial charge on any atom is 0.118 e. The number of rotatable bonds is 4. The maximum atomic E-state index is 5.22. The van der Waals surface area contributed by atoms with Crippen molar-refractivity contribution in [1.29, 1.82) is 0 Å². The number of methoxy groups -OCH3 is 1. The lowest BCUT2D eigenvalue weighted by Gasteiger charge is -2.40. The van der Waals surface area contributed by atoms with Crippen LogP contribution >= 0.6 is 0 Å². The molecule has 0 radical (unpaired) electrons. The Labute approximate surface area is 128 Å². The minimum absolute atomic E-state index is 0.877. The fraction of sp³-hybridized carbons (Fsp3) is 0.667. The first-order chi connectivity index (χ1) is 10.3. The molecule has 3 nitrogen and oxygen atoms in total.